The summed E-state index contributed by atoms with van der Waals surface area (Å²) in [4.78, 5) is 27.3. The van der Waals surface area contributed by atoms with Gasteiger partial charge in [-0.2, -0.15) is 0 Å². The van der Waals surface area contributed by atoms with Crippen molar-refractivity contribution < 1.29 is 28.2 Å². The third kappa shape index (κ3) is 4.99. The average Bonchev–Trinajstić information content (AvgIpc) is 3.35. The van der Waals surface area contributed by atoms with Crippen LogP contribution in [-0.4, -0.2) is 50.0 Å². The van der Waals surface area contributed by atoms with Gasteiger partial charge in [-0.15, -0.1) is 5.10 Å². The second kappa shape index (κ2) is 10.8. The van der Waals surface area contributed by atoms with Crippen molar-refractivity contribution in [2.24, 2.45) is 5.41 Å². The van der Waals surface area contributed by atoms with Crippen LogP contribution in [0.1, 0.15) is 71.6 Å². The van der Waals surface area contributed by atoms with Crippen molar-refractivity contribution in [1.82, 2.24) is 19.9 Å². The molecule has 10 heteroatoms. The summed E-state index contributed by atoms with van der Waals surface area (Å²) in [5, 5.41) is 19.0. The molecule has 6 heterocycles. The Morgan fingerprint density at radius 2 is 1.71 bits per heavy atom. The minimum absolute atomic E-state index is 0.0440. The SMILES string of the molecule is CC(C)(C(=O)O)C1c2ccc3c(c2)CN(CC3)C(=O)c2c(F)cc(cc2F)OCCCCCn2nnc3cc1ccc32. The van der Waals surface area contributed by atoms with Gasteiger partial charge < -0.3 is 14.7 Å². The lowest BCUT2D eigenvalue weighted by Crippen LogP contribution is -2.37. The smallest absolute Gasteiger partial charge is 0.310 e. The zero-order valence-electron chi connectivity index (χ0n) is 23.6. The van der Waals surface area contributed by atoms with E-state index in [1.807, 2.05) is 41.1 Å². The number of aryl methyl sites for hydroxylation is 1. The number of carboxylic acids is 1. The molecule has 0 aliphatic carbocycles. The van der Waals surface area contributed by atoms with Crippen LogP contribution in [0.3, 0.4) is 0 Å². The molecule has 3 aromatic carbocycles. The van der Waals surface area contributed by atoms with E-state index < -0.39 is 40.4 Å². The Bertz CT molecular complexity index is 1680. The maximum atomic E-state index is 15.1. The Hall–Kier alpha value is -4.34. The first-order chi connectivity index (χ1) is 20.1. The van der Waals surface area contributed by atoms with Crippen LogP contribution in [0.15, 0.2) is 48.5 Å². The number of carbonyl (C=O) groups is 2. The predicted molar refractivity (Wildman–Crippen MR) is 151 cm³/mol. The van der Waals surface area contributed by atoms with E-state index in [0.29, 0.717) is 31.4 Å². The number of ether oxygens (including phenoxy) is 1. The van der Waals surface area contributed by atoms with Crippen molar-refractivity contribution in [3.8, 4) is 5.75 Å². The summed E-state index contributed by atoms with van der Waals surface area (Å²) in [6.07, 6.45) is 2.76. The Kier molecular flexibility index (Phi) is 7.16. The first-order valence-corrected chi connectivity index (χ1v) is 14.2. The lowest BCUT2D eigenvalue weighted by molar-refractivity contribution is -0.147. The number of carboxylic acid groups (broad SMARTS) is 1. The fourth-order valence-electron chi connectivity index (χ4n) is 6.14. The molecule has 4 aromatic rings. The Morgan fingerprint density at radius 1 is 0.976 bits per heavy atom. The molecule has 1 aromatic heterocycles. The van der Waals surface area contributed by atoms with Crippen molar-refractivity contribution in [2.45, 2.75) is 58.5 Å². The minimum atomic E-state index is -1.19. The number of benzene rings is 3. The lowest BCUT2D eigenvalue weighted by Gasteiger charge is -2.34. The number of carbonyl (C=O) groups excluding carboxylic acids is 1. The number of hydrogen-bond acceptors (Lipinski definition) is 5. The van der Waals surface area contributed by atoms with Crippen LogP contribution in [0.5, 0.6) is 5.75 Å². The molecule has 1 atom stereocenters. The van der Waals surface area contributed by atoms with Crippen LogP contribution in [0, 0.1) is 17.0 Å². The van der Waals surface area contributed by atoms with Crippen molar-refractivity contribution in [3.05, 3.63) is 88.0 Å². The van der Waals surface area contributed by atoms with Crippen molar-refractivity contribution in [2.75, 3.05) is 13.2 Å². The summed E-state index contributed by atoms with van der Waals surface area (Å²) < 4.78 is 37.6. The fourth-order valence-corrected chi connectivity index (χ4v) is 6.14. The summed E-state index contributed by atoms with van der Waals surface area (Å²) in [7, 11) is 0. The highest BCUT2D eigenvalue weighted by molar-refractivity contribution is 5.95. The van der Waals surface area contributed by atoms with Crippen LogP contribution < -0.4 is 4.74 Å². The Balaban J connectivity index is 1.45. The lowest BCUT2D eigenvalue weighted by atomic mass is 9.70. The third-order valence-electron chi connectivity index (χ3n) is 8.52. The number of rotatable bonds is 2. The van der Waals surface area contributed by atoms with E-state index in [4.69, 9.17) is 4.74 Å². The van der Waals surface area contributed by atoms with Crippen LogP contribution in [0.4, 0.5) is 8.78 Å². The van der Waals surface area contributed by atoms with Gasteiger partial charge in [0.05, 0.1) is 17.5 Å². The highest BCUT2D eigenvalue weighted by Crippen LogP contribution is 2.43. The van der Waals surface area contributed by atoms with Crippen LogP contribution in [0.2, 0.25) is 0 Å². The van der Waals surface area contributed by atoms with Crippen LogP contribution in [0.25, 0.3) is 11.0 Å². The van der Waals surface area contributed by atoms with E-state index in [1.165, 1.54) is 4.90 Å². The Morgan fingerprint density at radius 3 is 2.48 bits per heavy atom. The third-order valence-corrected chi connectivity index (χ3v) is 8.52. The van der Waals surface area contributed by atoms with Gasteiger partial charge in [-0.25, -0.2) is 13.5 Å². The molecule has 5 aliphatic rings. The van der Waals surface area contributed by atoms with E-state index in [-0.39, 0.29) is 18.9 Å². The minimum Gasteiger partial charge on any atom is -0.493 e. The van der Waals surface area contributed by atoms with Gasteiger partial charge in [0.2, 0.25) is 0 Å². The largest absolute Gasteiger partial charge is 0.493 e. The maximum Gasteiger partial charge on any atom is 0.310 e. The van der Waals surface area contributed by atoms with E-state index in [1.54, 1.807) is 13.8 Å². The molecule has 218 valence electrons. The standard InChI is InChI=1S/C32H32F2N4O4/c1-32(2,31(40)41)29-20-7-6-19-10-12-37(18-22(19)14-20)30(39)28-24(33)16-23(17-25(28)34)42-13-5-3-4-11-38-27-9-8-21(29)15-26(27)35-36-38/h6-9,14-17,29H,3-5,10-13,18H2,1-2H3,(H,40,41). The highest BCUT2D eigenvalue weighted by atomic mass is 19.1. The predicted octanol–water partition coefficient (Wildman–Crippen LogP) is 5.71. The van der Waals surface area contributed by atoms with Gasteiger partial charge >= 0.3 is 5.97 Å². The second-order valence-corrected chi connectivity index (χ2v) is 11.7. The monoisotopic (exact) mass is 574 g/mol. The van der Waals surface area contributed by atoms with Gasteiger partial charge in [-0.3, -0.25) is 9.59 Å². The van der Waals surface area contributed by atoms with Crippen molar-refractivity contribution in [3.63, 3.8) is 0 Å². The summed E-state index contributed by atoms with van der Waals surface area (Å²) in [5.74, 6) is -4.10. The van der Waals surface area contributed by atoms with E-state index in [9.17, 15) is 14.7 Å². The molecular formula is C32H32F2N4O4. The van der Waals surface area contributed by atoms with Gasteiger partial charge in [0.25, 0.3) is 5.91 Å². The molecule has 0 spiro atoms. The molecule has 5 aliphatic heterocycles. The summed E-state index contributed by atoms with van der Waals surface area (Å²) >= 11 is 0. The number of aromatic nitrogens is 3. The van der Waals surface area contributed by atoms with Gasteiger partial charge in [0, 0.05) is 37.7 Å². The quantitative estimate of drug-likeness (QED) is 0.329. The van der Waals surface area contributed by atoms with Gasteiger partial charge in [-0.05, 0) is 73.9 Å². The maximum absolute atomic E-state index is 15.1. The molecule has 0 fully saturated rings. The zero-order chi connectivity index (χ0) is 29.6. The molecule has 0 saturated carbocycles. The second-order valence-electron chi connectivity index (χ2n) is 11.7. The van der Waals surface area contributed by atoms with Gasteiger partial charge in [0.1, 0.15) is 28.5 Å². The summed E-state index contributed by atoms with van der Waals surface area (Å²) in [5.41, 5.74) is 3.12. The Labute approximate surface area is 241 Å². The molecule has 1 amide bonds. The first kappa shape index (κ1) is 27.8. The summed E-state index contributed by atoms with van der Waals surface area (Å²) in [6, 6.07) is 13.7. The highest BCUT2D eigenvalue weighted by Gasteiger charge is 2.40. The number of nitrogens with zero attached hydrogens (tertiary/aromatic N) is 4. The molecule has 0 radical (unpaired) electrons. The number of aliphatic carboxylic acids is 1. The molecule has 8 nitrogen and oxygen atoms in total. The number of amides is 1. The molecular weight excluding hydrogens is 542 g/mol. The number of hydrogen-bond donors (Lipinski definition) is 1. The van der Waals surface area contributed by atoms with E-state index >= 15 is 8.78 Å². The van der Waals surface area contributed by atoms with Crippen molar-refractivity contribution >= 4 is 22.9 Å². The molecule has 42 heavy (non-hydrogen) atoms. The van der Waals surface area contributed by atoms with Crippen molar-refractivity contribution in [1.29, 1.82) is 0 Å². The molecule has 1 unspecified atom stereocenters. The van der Waals surface area contributed by atoms with E-state index in [2.05, 4.69) is 10.3 Å². The summed E-state index contributed by atoms with van der Waals surface area (Å²) in [6.45, 7) is 4.74. The van der Waals surface area contributed by atoms with Gasteiger partial charge in [0.15, 0.2) is 0 Å². The normalized spacial score (nSPS) is 17.9. The van der Waals surface area contributed by atoms with E-state index in [0.717, 1.165) is 52.7 Å². The molecule has 0 saturated heterocycles. The van der Waals surface area contributed by atoms with Crippen LogP contribution in [-0.2, 0) is 24.3 Å². The molecule has 9 bridgehead atoms. The first-order valence-electron chi connectivity index (χ1n) is 14.2. The van der Waals surface area contributed by atoms with Crippen LogP contribution >= 0.6 is 0 Å². The molecule has 1 N–H and O–H groups in total. The topological polar surface area (TPSA) is 97.6 Å². The average molecular weight is 575 g/mol. The molecule has 9 rings (SSSR count). The van der Waals surface area contributed by atoms with Gasteiger partial charge in [-0.1, -0.05) is 29.5 Å². The zero-order valence-corrected chi connectivity index (χ0v) is 23.6. The fraction of sp³-hybridized carbons (Fsp3) is 0.375. The number of halogens is 2.